The number of nitrogens with zero attached hydrogens (tertiary/aromatic N) is 4. The van der Waals surface area contributed by atoms with Crippen molar-refractivity contribution in [3.05, 3.63) is 30.1 Å². The van der Waals surface area contributed by atoms with Gasteiger partial charge in [-0.15, -0.1) is 5.76 Å². The van der Waals surface area contributed by atoms with E-state index < -0.39 is 0 Å². The number of aromatic nitrogens is 2. The number of hydrogen-bond acceptors (Lipinski definition) is 5. The summed E-state index contributed by atoms with van der Waals surface area (Å²) in [6, 6.07) is 0. The van der Waals surface area contributed by atoms with E-state index in [1.165, 1.54) is 13.0 Å². The number of allylic oxidation sites excluding steroid dienone is 2. The molecule has 1 aromatic rings. The molecule has 0 radical (unpaired) electrons. The number of aryl methyl sites for hydroxylation is 1. The molecule has 0 spiro atoms. The molecule has 132 valence electrons. The summed E-state index contributed by atoms with van der Waals surface area (Å²) in [5.74, 6) is -0.0887. The quantitative estimate of drug-likeness (QED) is 0.132. The van der Waals surface area contributed by atoms with Crippen molar-refractivity contribution in [2.45, 2.75) is 13.8 Å². The van der Waals surface area contributed by atoms with E-state index in [9.17, 15) is 10.2 Å². The van der Waals surface area contributed by atoms with Crippen LogP contribution in [-0.2, 0) is 34.5 Å². The SMILES string of the molecule is CC(/C=C(/C)[O-])=NCCN=C([O-])c1nccn1C.O.[Ni].[OH3+].[OH3+]. The van der Waals surface area contributed by atoms with Gasteiger partial charge in [0, 0.05) is 47.5 Å². The first-order chi connectivity index (χ1) is 8.50. The van der Waals surface area contributed by atoms with Gasteiger partial charge in [-0.3, -0.25) is 9.98 Å². The Kier molecular flexibility index (Phi) is 18.4. The van der Waals surface area contributed by atoms with E-state index in [0.29, 0.717) is 18.1 Å². The maximum atomic E-state index is 11.6. The van der Waals surface area contributed by atoms with Crippen LogP contribution in [0.5, 0.6) is 0 Å². The maximum Gasteiger partial charge on any atom is 0.142 e. The molecule has 0 fully saturated rings. The van der Waals surface area contributed by atoms with Crippen molar-refractivity contribution in [2.75, 3.05) is 13.1 Å². The Hall–Kier alpha value is -1.74. The second kappa shape index (κ2) is 14.2. The number of hydrogen-bond donors (Lipinski definition) is 0. The molecule has 0 aliphatic rings. The fraction of sp³-hybridized carbons (Fsp3) is 0.417. The van der Waals surface area contributed by atoms with Gasteiger partial charge in [-0.25, -0.2) is 4.98 Å². The molecule has 0 aromatic carbocycles. The summed E-state index contributed by atoms with van der Waals surface area (Å²) >= 11 is 0. The van der Waals surface area contributed by atoms with Gasteiger partial charge in [-0.05, 0) is 6.92 Å². The molecule has 0 saturated heterocycles. The Morgan fingerprint density at radius 1 is 1.23 bits per heavy atom. The van der Waals surface area contributed by atoms with Crippen LogP contribution in [-0.4, -0.2) is 39.7 Å². The van der Waals surface area contributed by atoms with Gasteiger partial charge in [-0.1, -0.05) is 13.0 Å². The fourth-order valence-corrected chi connectivity index (χ4v) is 1.36. The normalized spacial score (nSPS) is 11.5. The summed E-state index contributed by atoms with van der Waals surface area (Å²) in [6.07, 6.45) is 4.68. The third kappa shape index (κ3) is 10.1. The van der Waals surface area contributed by atoms with Gasteiger partial charge in [0.1, 0.15) is 5.82 Å². The average Bonchev–Trinajstić information content (AvgIpc) is 2.69. The maximum absolute atomic E-state index is 11.6. The third-order valence-electron chi connectivity index (χ3n) is 2.14. The second-order valence-corrected chi connectivity index (χ2v) is 3.83. The summed E-state index contributed by atoms with van der Waals surface area (Å²) < 4.78 is 1.61. The second-order valence-electron chi connectivity index (χ2n) is 3.83. The van der Waals surface area contributed by atoms with Crippen molar-refractivity contribution in [3.63, 3.8) is 0 Å². The third-order valence-corrected chi connectivity index (χ3v) is 2.14. The predicted molar refractivity (Wildman–Crippen MR) is 79.7 cm³/mol. The Morgan fingerprint density at radius 2 is 1.77 bits per heavy atom. The molecule has 0 atom stereocenters. The predicted octanol–water partition coefficient (Wildman–Crippen LogP) is -3.42. The van der Waals surface area contributed by atoms with Crippen LogP contribution < -0.4 is 10.2 Å². The van der Waals surface area contributed by atoms with Crippen LogP contribution in [0.4, 0.5) is 0 Å². The van der Waals surface area contributed by atoms with Crippen molar-refractivity contribution < 1.29 is 43.1 Å². The Balaban J connectivity index is -0.000000405. The van der Waals surface area contributed by atoms with Gasteiger partial charge >= 0.3 is 0 Å². The van der Waals surface area contributed by atoms with E-state index in [1.54, 1.807) is 30.9 Å². The van der Waals surface area contributed by atoms with Crippen LogP contribution in [0, 0.1) is 0 Å². The Morgan fingerprint density at radius 3 is 2.23 bits per heavy atom. The largest absolute Gasteiger partial charge is 0.876 e. The van der Waals surface area contributed by atoms with Gasteiger partial charge < -0.3 is 31.2 Å². The first-order valence-corrected chi connectivity index (χ1v) is 5.56. The number of imidazole rings is 1. The van der Waals surface area contributed by atoms with Crippen molar-refractivity contribution in [1.82, 2.24) is 9.55 Å². The molecule has 9 nitrogen and oxygen atoms in total. The van der Waals surface area contributed by atoms with Gasteiger partial charge in [0.25, 0.3) is 0 Å². The van der Waals surface area contributed by atoms with Crippen LogP contribution in [0.3, 0.4) is 0 Å². The van der Waals surface area contributed by atoms with Gasteiger partial charge in [0.05, 0.1) is 13.1 Å². The van der Waals surface area contributed by atoms with E-state index in [2.05, 4.69) is 15.0 Å². The first-order valence-electron chi connectivity index (χ1n) is 5.56. The Labute approximate surface area is 139 Å². The molecular weight excluding hydrogens is 339 g/mol. The van der Waals surface area contributed by atoms with Gasteiger partial charge in [0.15, 0.2) is 0 Å². The van der Waals surface area contributed by atoms with Crippen molar-refractivity contribution in [2.24, 2.45) is 17.0 Å². The van der Waals surface area contributed by atoms with Gasteiger partial charge in [-0.2, -0.15) is 0 Å². The van der Waals surface area contributed by atoms with E-state index in [1.807, 2.05) is 0 Å². The topological polar surface area (TPSA) is 186 Å². The number of rotatable bonds is 5. The molecule has 22 heavy (non-hydrogen) atoms. The first kappa shape index (κ1) is 28.4. The van der Waals surface area contributed by atoms with Gasteiger partial charge in [0.2, 0.25) is 0 Å². The van der Waals surface area contributed by atoms with E-state index in [-0.39, 0.29) is 51.1 Å². The van der Waals surface area contributed by atoms with Crippen molar-refractivity contribution >= 4 is 11.6 Å². The van der Waals surface area contributed by atoms with Crippen LogP contribution >= 0.6 is 0 Å². The minimum absolute atomic E-state index is 0. The zero-order valence-corrected chi connectivity index (χ0v) is 13.7. The van der Waals surface area contributed by atoms with Crippen molar-refractivity contribution in [1.29, 1.82) is 0 Å². The average molecular weight is 363 g/mol. The molecule has 0 aliphatic carbocycles. The van der Waals surface area contributed by atoms with E-state index in [4.69, 9.17) is 0 Å². The molecule has 0 aliphatic heterocycles. The zero-order valence-electron chi connectivity index (χ0n) is 12.7. The summed E-state index contributed by atoms with van der Waals surface area (Å²) in [4.78, 5) is 11.9. The minimum atomic E-state index is -0.356. The summed E-state index contributed by atoms with van der Waals surface area (Å²) in [5, 5.41) is 22.4. The molecule has 0 bridgehead atoms. The minimum Gasteiger partial charge on any atom is -0.876 e. The van der Waals surface area contributed by atoms with E-state index >= 15 is 0 Å². The monoisotopic (exact) mass is 362 g/mol. The van der Waals surface area contributed by atoms with Crippen LogP contribution in [0.25, 0.3) is 0 Å². The molecular formula is C12H24N4NiO5. The molecule has 1 rings (SSSR count). The molecule has 10 heteroatoms. The number of aliphatic imine (C=N–C) groups is 2. The summed E-state index contributed by atoms with van der Waals surface area (Å²) in [6.45, 7) is 3.87. The molecule has 0 amide bonds. The smallest absolute Gasteiger partial charge is 0.142 e. The summed E-state index contributed by atoms with van der Waals surface area (Å²) in [7, 11) is 1.74. The fourth-order valence-electron chi connectivity index (χ4n) is 1.36. The summed E-state index contributed by atoms with van der Waals surface area (Å²) in [5.41, 5.74) is 0.641. The molecule has 0 unspecified atom stereocenters. The molecule has 8 N–H and O–H groups in total. The molecule has 0 saturated carbocycles. The van der Waals surface area contributed by atoms with Crippen LogP contribution in [0.2, 0.25) is 0 Å². The zero-order chi connectivity index (χ0) is 13.5. The van der Waals surface area contributed by atoms with Crippen molar-refractivity contribution in [3.8, 4) is 0 Å². The standard InChI is InChI=1S/C12H18N4O2.Ni.3H2O/c1-9(8-10(2)17)13-4-5-15-12(18)11-14-6-7-16(11)3;;;;/h6-8,17H,4-5H2,1-3H3,(H,15,18);;3*1H2/b10-8-,13-9?;;;;. The molecule has 1 heterocycles. The van der Waals surface area contributed by atoms with E-state index in [0.717, 1.165) is 0 Å². The van der Waals surface area contributed by atoms with Crippen LogP contribution in [0.15, 0.2) is 34.2 Å². The molecule has 1 aromatic heterocycles. The Bertz CT molecular complexity index is 495. The van der Waals surface area contributed by atoms with Crippen LogP contribution in [0.1, 0.15) is 19.7 Å².